The number of pyridine rings is 1. The molecule has 1 N–H and O–H groups in total. The van der Waals surface area contributed by atoms with Crippen LogP contribution >= 0.6 is 0 Å². The van der Waals surface area contributed by atoms with E-state index in [2.05, 4.69) is 54.5 Å². The molecule has 3 nitrogen and oxygen atoms in total. The van der Waals surface area contributed by atoms with Gasteiger partial charge in [-0.3, -0.25) is 4.98 Å². The highest BCUT2D eigenvalue weighted by Crippen LogP contribution is 2.23. The molecule has 0 aliphatic carbocycles. The van der Waals surface area contributed by atoms with E-state index in [1.807, 2.05) is 6.20 Å². The second-order valence-electron chi connectivity index (χ2n) is 4.74. The van der Waals surface area contributed by atoms with E-state index in [4.69, 9.17) is 4.74 Å². The summed E-state index contributed by atoms with van der Waals surface area (Å²) in [5.41, 5.74) is 3.55. The summed E-state index contributed by atoms with van der Waals surface area (Å²) in [4.78, 5) is 4.27. The van der Waals surface area contributed by atoms with E-state index >= 15 is 0 Å². The molecule has 0 atom stereocenters. The van der Waals surface area contributed by atoms with E-state index in [1.165, 1.54) is 11.1 Å². The Balaban J connectivity index is 2.17. The van der Waals surface area contributed by atoms with Gasteiger partial charge in [0.25, 0.3) is 0 Å². The van der Waals surface area contributed by atoms with Crippen molar-refractivity contribution in [2.24, 2.45) is 0 Å². The van der Waals surface area contributed by atoms with Gasteiger partial charge in [0.1, 0.15) is 5.75 Å². The topological polar surface area (TPSA) is 34.1 Å². The Labute approximate surface area is 121 Å². The van der Waals surface area contributed by atoms with Crippen molar-refractivity contribution in [2.45, 2.75) is 26.8 Å². The fourth-order valence-electron chi connectivity index (χ4n) is 2.01. The van der Waals surface area contributed by atoms with E-state index < -0.39 is 0 Å². The largest absolute Gasteiger partial charge is 0.492 e. The average Bonchev–Trinajstić information content (AvgIpc) is 2.51. The zero-order valence-corrected chi connectivity index (χ0v) is 12.2. The number of hydrogen-bond acceptors (Lipinski definition) is 3. The molecule has 0 unspecified atom stereocenters. The summed E-state index contributed by atoms with van der Waals surface area (Å²) in [6.07, 6.45) is 4.65. The predicted molar refractivity (Wildman–Crippen MR) is 82.8 cm³/mol. The molecule has 1 aromatic carbocycles. The Hall–Kier alpha value is -1.87. The molecule has 0 saturated carbocycles. The van der Waals surface area contributed by atoms with E-state index in [1.54, 1.807) is 6.20 Å². The van der Waals surface area contributed by atoms with Crippen LogP contribution in [0.1, 0.15) is 25.8 Å². The number of nitrogens with one attached hydrogen (secondary N) is 1. The van der Waals surface area contributed by atoms with Gasteiger partial charge in [-0.1, -0.05) is 32.0 Å². The highest BCUT2D eigenvalue weighted by Gasteiger charge is 2.02. The number of hydrogen-bond donors (Lipinski definition) is 1. The first-order valence-electron chi connectivity index (χ1n) is 7.21. The first-order chi connectivity index (χ1) is 9.83. The van der Waals surface area contributed by atoms with Gasteiger partial charge >= 0.3 is 0 Å². The standard InChI is InChI=1S/C17H22N2O/c1-3-8-20-17-10-16(12-19-13-17)15-7-5-6-14(9-15)11-18-4-2/h5-7,9-10,12-13,18H,3-4,8,11H2,1-2H3. The fraction of sp³-hybridized carbons (Fsp3) is 0.353. The molecule has 1 heterocycles. The SMILES string of the molecule is CCCOc1cncc(-c2cccc(CNCC)c2)c1. The maximum absolute atomic E-state index is 5.64. The van der Waals surface area contributed by atoms with Crippen molar-refractivity contribution in [2.75, 3.05) is 13.2 Å². The fourth-order valence-corrected chi connectivity index (χ4v) is 2.01. The molecule has 1 aromatic heterocycles. The molecule has 0 amide bonds. The Morgan fingerprint density at radius 2 is 2.00 bits per heavy atom. The molecule has 0 aliphatic rings. The van der Waals surface area contributed by atoms with Crippen molar-refractivity contribution in [3.05, 3.63) is 48.3 Å². The van der Waals surface area contributed by atoms with Crippen LogP contribution in [-0.2, 0) is 6.54 Å². The second kappa shape index (κ2) is 7.65. The number of rotatable bonds is 7. The molecule has 2 rings (SSSR count). The Morgan fingerprint density at radius 1 is 1.10 bits per heavy atom. The number of nitrogens with zero attached hydrogens (tertiary/aromatic N) is 1. The van der Waals surface area contributed by atoms with Crippen LogP contribution in [0, 0.1) is 0 Å². The lowest BCUT2D eigenvalue weighted by Crippen LogP contribution is -2.11. The highest BCUT2D eigenvalue weighted by atomic mass is 16.5. The zero-order valence-electron chi connectivity index (χ0n) is 12.2. The van der Waals surface area contributed by atoms with Gasteiger partial charge in [0, 0.05) is 18.3 Å². The number of benzene rings is 1. The van der Waals surface area contributed by atoms with E-state index in [0.717, 1.165) is 37.4 Å². The lowest BCUT2D eigenvalue weighted by atomic mass is 10.0. The van der Waals surface area contributed by atoms with Crippen LogP contribution in [-0.4, -0.2) is 18.1 Å². The Bertz CT molecular complexity index is 491. The number of aromatic nitrogens is 1. The summed E-state index contributed by atoms with van der Waals surface area (Å²) in [5, 5.41) is 3.34. The van der Waals surface area contributed by atoms with Gasteiger partial charge in [-0.15, -0.1) is 0 Å². The third-order valence-electron chi connectivity index (χ3n) is 3.03. The molecule has 2 aromatic rings. The van der Waals surface area contributed by atoms with E-state index in [-0.39, 0.29) is 0 Å². The third kappa shape index (κ3) is 4.07. The first-order valence-corrected chi connectivity index (χ1v) is 7.21. The van der Waals surface area contributed by atoms with Gasteiger partial charge in [0.2, 0.25) is 0 Å². The molecule has 20 heavy (non-hydrogen) atoms. The summed E-state index contributed by atoms with van der Waals surface area (Å²) >= 11 is 0. The molecule has 0 fully saturated rings. The van der Waals surface area contributed by atoms with Gasteiger partial charge < -0.3 is 10.1 Å². The van der Waals surface area contributed by atoms with E-state index in [9.17, 15) is 0 Å². The molecule has 0 aliphatic heterocycles. The van der Waals surface area contributed by atoms with Gasteiger partial charge in [0.05, 0.1) is 12.8 Å². The minimum atomic E-state index is 0.728. The molecule has 0 radical (unpaired) electrons. The summed E-state index contributed by atoms with van der Waals surface area (Å²) in [6.45, 7) is 6.81. The molecule has 3 heteroatoms. The maximum atomic E-state index is 5.64. The predicted octanol–water partition coefficient (Wildman–Crippen LogP) is 3.65. The number of ether oxygens (including phenoxy) is 1. The molecule has 0 saturated heterocycles. The smallest absolute Gasteiger partial charge is 0.138 e. The molecular formula is C17H22N2O. The maximum Gasteiger partial charge on any atom is 0.138 e. The lowest BCUT2D eigenvalue weighted by molar-refractivity contribution is 0.316. The van der Waals surface area contributed by atoms with Crippen LogP contribution in [0.4, 0.5) is 0 Å². The van der Waals surface area contributed by atoms with Crippen LogP contribution in [0.15, 0.2) is 42.7 Å². The average molecular weight is 270 g/mol. The quantitative estimate of drug-likeness (QED) is 0.834. The molecule has 106 valence electrons. The third-order valence-corrected chi connectivity index (χ3v) is 3.03. The van der Waals surface area contributed by atoms with E-state index in [0.29, 0.717) is 0 Å². The van der Waals surface area contributed by atoms with Crippen LogP contribution in [0.5, 0.6) is 5.75 Å². The van der Waals surface area contributed by atoms with Gasteiger partial charge in [-0.2, -0.15) is 0 Å². The zero-order chi connectivity index (χ0) is 14.2. The summed E-state index contributed by atoms with van der Waals surface area (Å²) in [5.74, 6) is 0.835. The van der Waals surface area contributed by atoms with Crippen molar-refractivity contribution < 1.29 is 4.74 Å². The second-order valence-corrected chi connectivity index (χ2v) is 4.74. The first kappa shape index (κ1) is 14.5. The van der Waals surface area contributed by atoms with Crippen molar-refractivity contribution in [3.8, 4) is 16.9 Å². The highest BCUT2D eigenvalue weighted by molar-refractivity contribution is 5.64. The molecule has 0 spiro atoms. The van der Waals surface area contributed by atoms with Crippen LogP contribution in [0.3, 0.4) is 0 Å². The van der Waals surface area contributed by atoms with Crippen LogP contribution in [0.2, 0.25) is 0 Å². The monoisotopic (exact) mass is 270 g/mol. The Morgan fingerprint density at radius 3 is 2.80 bits per heavy atom. The lowest BCUT2D eigenvalue weighted by Gasteiger charge is -2.08. The van der Waals surface area contributed by atoms with Crippen LogP contribution < -0.4 is 10.1 Å². The normalized spacial score (nSPS) is 10.5. The Kier molecular flexibility index (Phi) is 5.56. The van der Waals surface area contributed by atoms with Gasteiger partial charge in [-0.05, 0) is 36.2 Å². The summed E-state index contributed by atoms with van der Waals surface area (Å²) in [7, 11) is 0. The minimum absolute atomic E-state index is 0.728. The molecular weight excluding hydrogens is 248 g/mol. The van der Waals surface area contributed by atoms with Crippen molar-refractivity contribution in [1.82, 2.24) is 10.3 Å². The molecule has 0 bridgehead atoms. The summed E-state index contributed by atoms with van der Waals surface area (Å²) in [6, 6.07) is 10.6. The van der Waals surface area contributed by atoms with Crippen LogP contribution in [0.25, 0.3) is 11.1 Å². The summed E-state index contributed by atoms with van der Waals surface area (Å²) < 4.78 is 5.64. The van der Waals surface area contributed by atoms with Crippen molar-refractivity contribution in [1.29, 1.82) is 0 Å². The van der Waals surface area contributed by atoms with Gasteiger partial charge in [0.15, 0.2) is 0 Å². The van der Waals surface area contributed by atoms with Crippen molar-refractivity contribution >= 4 is 0 Å². The minimum Gasteiger partial charge on any atom is -0.492 e. The van der Waals surface area contributed by atoms with Gasteiger partial charge in [-0.25, -0.2) is 0 Å². The van der Waals surface area contributed by atoms with Crippen molar-refractivity contribution in [3.63, 3.8) is 0 Å².